The summed E-state index contributed by atoms with van der Waals surface area (Å²) in [5.41, 5.74) is 1.16. The molecule has 0 aliphatic rings. The molecule has 5 nitrogen and oxygen atoms in total. The Morgan fingerprint density at radius 3 is 2.73 bits per heavy atom. The van der Waals surface area contributed by atoms with E-state index in [1.165, 1.54) is 11.0 Å². The molecular weight excluding hydrogens is 364 g/mol. The number of benzene rings is 1. The molecule has 2 heterocycles. The van der Waals surface area contributed by atoms with E-state index in [9.17, 15) is 4.79 Å². The molecule has 3 aromatic rings. The Balaban J connectivity index is 1.74. The molecule has 0 radical (unpaired) electrons. The first-order chi connectivity index (χ1) is 10.6. The van der Waals surface area contributed by atoms with E-state index in [1.807, 2.05) is 42.5 Å². The van der Waals surface area contributed by atoms with Gasteiger partial charge >= 0.3 is 0 Å². The number of para-hydroxylation sites is 1. The molecule has 0 unspecified atom stereocenters. The van der Waals surface area contributed by atoms with Crippen molar-refractivity contribution in [2.45, 2.75) is 6.54 Å². The van der Waals surface area contributed by atoms with Gasteiger partial charge in [-0.05, 0) is 40.2 Å². The molecule has 112 valence electrons. The summed E-state index contributed by atoms with van der Waals surface area (Å²) in [6, 6.07) is 13.5. The Bertz CT molecular complexity index is 784. The van der Waals surface area contributed by atoms with E-state index >= 15 is 0 Å². The van der Waals surface area contributed by atoms with Crippen LogP contribution in [0.4, 0.5) is 0 Å². The van der Waals surface area contributed by atoms with Crippen LogP contribution in [0.15, 0.2) is 52.4 Å². The van der Waals surface area contributed by atoms with Crippen LogP contribution in [0.5, 0.6) is 0 Å². The molecule has 1 aromatic carbocycles. The van der Waals surface area contributed by atoms with Crippen LogP contribution in [0.25, 0.3) is 5.69 Å². The van der Waals surface area contributed by atoms with E-state index in [2.05, 4.69) is 26.1 Å². The molecule has 0 N–H and O–H groups in total. The highest BCUT2D eigenvalue weighted by atomic mass is 79.9. The summed E-state index contributed by atoms with van der Waals surface area (Å²) in [5.74, 6) is -0.147. The van der Waals surface area contributed by atoms with Crippen molar-refractivity contribution in [3.63, 3.8) is 0 Å². The van der Waals surface area contributed by atoms with E-state index < -0.39 is 0 Å². The molecule has 0 saturated heterocycles. The van der Waals surface area contributed by atoms with Gasteiger partial charge in [0.05, 0.1) is 22.2 Å². The predicted molar refractivity (Wildman–Crippen MR) is 89.2 cm³/mol. The summed E-state index contributed by atoms with van der Waals surface area (Å²) in [6.45, 7) is 0.549. The van der Waals surface area contributed by atoms with Crippen molar-refractivity contribution in [3.8, 4) is 5.69 Å². The molecule has 0 aliphatic heterocycles. The average molecular weight is 377 g/mol. The normalized spacial score (nSPS) is 10.6. The second kappa shape index (κ2) is 6.41. The van der Waals surface area contributed by atoms with Crippen molar-refractivity contribution in [2.75, 3.05) is 7.05 Å². The van der Waals surface area contributed by atoms with Crippen LogP contribution in [-0.2, 0) is 6.54 Å². The molecule has 0 fully saturated rings. The Morgan fingerprint density at radius 2 is 2.05 bits per heavy atom. The minimum atomic E-state index is -0.147. The lowest BCUT2D eigenvalue weighted by atomic mass is 10.3. The minimum absolute atomic E-state index is 0.147. The Labute approximate surface area is 140 Å². The number of rotatable bonds is 4. The molecule has 0 spiro atoms. The van der Waals surface area contributed by atoms with Gasteiger partial charge in [0.1, 0.15) is 0 Å². The highest BCUT2D eigenvalue weighted by Crippen LogP contribution is 2.23. The summed E-state index contributed by atoms with van der Waals surface area (Å²) in [6.07, 6.45) is 1.50. The lowest BCUT2D eigenvalue weighted by molar-refractivity contribution is 0.0780. The highest BCUT2D eigenvalue weighted by molar-refractivity contribution is 9.11. The van der Waals surface area contributed by atoms with Gasteiger partial charge in [0.25, 0.3) is 5.91 Å². The van der Waals surface area contributed by atoms with Crippen molar-refractivity contribution in [1.82, 2.24) is 19.9 Å². The fraction of sp³-hybridized carbons (Fsp3) is 0.133. The van der Waals surface area contributed by atoms with Crippen molar-refractivity contribution < 1.29 is 4.79 Å². The van der Waals surface area contributed by atoms with E-state index in [4.69, 9.17) is 0 Å². The molecule has 3 rings (SSSR count). The number of aromatic nitrogens is 3. The van der Waals surface area contributed by atoms with E-state index in [-0.39, 0.29) is 5.91 Å². The third-order valence-electron chi connectivity index (χ3n) is 3.07. The first kappa shape index (κ1) is 14.9. The second-order valence-corrected chi connectivity index (χ2v) is 7.27. The molecule has 22 heavy (non-hydrogen) atoms. The van der Waals surface area contributed by atoms with Crippen LogP contribution < -0.4 is 0 Å². The number of hydrogen-bond donors (Lipinski definition) is 0. The van der Waals surface area contributed by atoms with Gasteiger partial charge in [-0.25, -0.2) is 0 Å². The van der Waals surface area contributed by atoms with Gasteiger partial charge in [0, 0.05) is 11.9 Å². The monoisotopic (exact) mass is 376 g/mol. The molecule has 0 atom stereocenters. The average Bonchev–Trinajstić information content (AvgIpc) is 3.17. The number of amides is 1. The van der Waals surface area contributed by atoms with Gasteiger partial charge in [-0.1, -0.05) is 18.2 Å². The number of halogens is 1. The van der Waals surface area contributed by atoms with Crippen LogP contribution in [0, 0.1) is 0 Å². The topological polar surface area (TPSA) is 51.0 Å². The Kier molecular flexibility index (Phi) is 4.35. The Hall–Kier alpha value is -1.99. The number of carbonyl (C=O) groups excluding carboxylic acids is 1. The van der Waals surface area contributed by atoms with Crippen LogP contribution in [0.3, 0.4) is 0 Å². The van der Waals surface area contributed by atoms with Gasteiger partial charge in [0.15, 0.2) is 5.69 Å². The zero-order valence-electron chi connectivity index (χ0n) is 11.8. The fourth-order valence-electron chi connectivity index (χ4n) is 1.98. The Morgan fingerprint density at radius 1 is 1.27 bits per heavy atom. The van der Waals surface area contributed by atoms with Crippen molar-refractivity contribution in [3.05, 3.63) is 63.0 Å². The molecule has 0 aliphatic carbocycles. The smallest absolute Gasteiger partial charge is 0.276 e. The van der Waals surface area contributed by atoms with Crippen LogP contribution in [0.2, 0.25) is 0 Å². The van der Waals surface area contributed by atoms with Gasteiger partial charge in [0.2, 0.25) is 0 Å². The summed E-state index contributed by atoms with van der Waals surface area (Å²) >= 11 is 5.03. The summed E-state index contributed by atoms with van der Waals surface area (Å²) < 4.78 is 1.05. The zero-order valence-corrected chi connectivity index (χ0v) is 14.2. The molecule has 0 saturated carbocycles. The standard InChI is InChI=1S/C15H13BrN4OS/c1-19(10-12-7-8-14(16)22-12)15(21)13-9-17-20(18-13)11-5-3-2-4-6-11/h2-9H,10H2,1H3. The maximum absolute atomic E-state index is 12.4. The van der Waals surface area contributed by atoms with Gasteiger partial charge in [-0.3, -0.25) is 4.79 Å². The van der Waals surface area contributed by atoms with Crippen molar-refractivity contribution >= 4 is 33.2 Å². The first-order valence-corrected chi connectivity index (χ1v) is 8.22. The van der Waals surface area contributed by atoms with Crippen molar-refractivity contribution in [1.29, 1.82) is 0 Å². The summed E-state index contributed by atoms with van der Waals surface area (Å²) in [5, 5.41) is 8.41. The van der Waals surface area contributed by atoms with Crippen LogP contribution in [-0.4, -0.2) is 32.8 Å². The number of thiophene rings is 1. The van der Waals surface area contributed by atoms with Crippen LogP contribution in [0.1, 0.15) is 15.4 Å². The first-order valence-electron chi connectivity index (χ1n) is 6.61. The number of hydrogen-bond acceptors (Lipinski definition) is 4. The van der Waals surface area contributed by atoms with Gasteiger partial charge in [-0.15, -0.1) is 16.4 Å². The lowest BCUT2D eigenvalue weighted by Gasteiger charge is -2.14. The third-order valence-corrected chi connectivity index (χ3v) is 4.68. The van der Waals surface area contributed by atoms with Crippen LogP contribution >= 0.6 is 27.3 Å². The van der Waals surface area contributed by atoms with E-state index in [0.717, 1.165) is 14.4 Å². The molecule has 7 heteroatoms. The third kappa shape index (κ3) is 3.26. The van der Waals surface area contributed by atoms with E-state index in [1.54, 1.807) is 23.3 Å². The molecule has 1 amide bonds. The summed E-state index contributed by atoms with van der Waals surface area (Å²) in [4.78, 5) is 16.6. The zero-order chi connectivity index (χ0) is 15.5. The second-order valence-electron chi connectivity index (χ2n) is 4.72. The number of nitrogens with zero attached hydrogens (tertiary/aromatic N) is 4. The van der Waals surface area contributed by atoms with Gasteiger partial charge in [-0.2, -0.15) is 9.90 Å². The maximum atomic E-state index is 12.4. The lowest BCUT2D eigenvalue weighted by Crippen LogP contribution is -2.26. The SMILES string of the molecule is CN(Cc1ccc(Br)s1)C(=O)c1cnn(-c2ccccc2)n1. The van der Waals surface area contributed by atoms with Crippen molar-refractivity contribution in [2.24, 2.45) is 0 Å². The minimum Gasteiger partial charge on any atom is -0.335 e. The molecule has 0 bridgehead atoms. The highest BCUT2D eigenvalue weighted by Gasteiger charge is 2.17. The maximum Gasteiger partial charge on any atom is 0.276 e. The molecular formula is C15H13BrN4OS. The van der Waals surface area contributed by atoms with E-state index in [0.29, 0.717) is 12.2 Å². The number of carbonyl (C=O) groups is 1. The predicted octanol–water partition coefficient (Wildman–Crippen LogP) is 3.36. The summed E-state index contributed by atoms with van der Waals surface area (Å²) in [7, 11) is 1.76. The fourth-order valence-corrected chi connectivity index (χ4v) is 3.52. The largest absolute Gasteiger partial charge is 0.335 e. The van der Waals surface area contributed by atoms with Gasteiger partial charge < -0.3 is 4.90 Å². The molecule has 2 aromatic heterocycles. The quantitative estimate of drug-likeness (QED) is 0.701.